The normalized spacial score (nSPS) is 12.4. The maximum absolute atomic E-state index is 11.8. The number of carbonyl (C=O) groups excluding carboxylic acids is 1. The molecule has 1 aromatic carbocycles. The van der Waals surface area contributed by atoms with Crippen LogP contribution in [-0.4, -0.2) is 57.2 Å². The number of nitrogens with two attached hydrogens (primary N) is 1. The summed E-state index contributed by atoms with van der Waals surface area (Å²) in [4.78, 5) is 13.8. The molecule has 3 N–H and O–H groups in total. The molecule has 5 heteroatoms. The molecule has 1 rings (SSSR count). The average molecular weight is 279 g/mol. The molecule has 1 amide bonds. The summed E-state index contributed by atoms with van der Waals surface area (Å²) in [5, 5.41) is 2.79. The molecule has 1 aromatic rings. The van der Waals surface area contributed by atoms with Crippen LogP contribution >= 0.6 is 0 Å². The number of rotatable bonds is 9. The molecule has 0 aromatic heterocycles. The first-order valence-corrected chi connectivity index (χ1v) is 6.89. The van der Waals surface area contributed by atoms with Gasteiger partial charge in [-0.05, 0) is 26.1 Å². The summed E-state index contributed by atoms with van der Waals surface area (Å²) in [6, 6.07) is 9.26. The molecular weight excluding hydrogens is 254 g/mol. The van der Waals surface area contributed by atoms with Gasteiger partial charge >= 0.3 is 0 Å². The lowest BCUT2D eigenvalue weighted by molar-refractivity contribution is -0.122. The maximum atomic E-state index is 11.8. The summed E-state index contributed by atoms with van der Waals surface area (Å²) in [5.41, 5.74) is 6.94. The van der Waals surface area contributed by atoms with Crippen molar-refractivity contribution >= 4 is 5.91 Å². The number of carbonyl (C=O) groups is 1. The number of hydrogen-bond donors (Lipinski definition) is 2. The monoisotopic (exact) mass is 279 g/mol. The van der Waals surface area contributed by atoms with Gasteiger partial charge in [-0.1, -0.05) is 30.3 Å². The molecule has 0 spiro atoms. The van der Waals surface area contributed by atoms with Gasteiger partial charge in [-0.3, -0.25) is 4.79 Å². The SMILES string of the molecule is CN(C)CCOCCNC(=O)C(N)Cc1ccccc1. The zero-order valence-corrected chi connectivity index (χ0v) is 12.3. The number of nitrogens with zero attached hydrogens (tertiary/aromatic N) is 1. The van der Waals surface area contributed by atoms with Crippen molar-refractivity contribution in [2.75, 3.05) is 40.4 Å². The van der Waals surface area contributed by atoms with Gasteiger partial charge in [-0.2, -0.15) is 0 Å². The second kappa shape index (κ2) is 9.47. The summed E-state index contributed by atoms with van der Waals surface area (Å²) >= 11 is 0. The first kappa shape index (κ1) is 16.6. The van der Waals surface area contributed by atoms with Crippen LogP contribution < -0.4 is 11.1 Å². The zero-order chi connectivity index (χ0) is 14.8. The molecular formula is C15H25N3O2. The molecule has 1 atom stereocenters. The second-order valence-corrected chi connectivity index (χ2v) is 5.00. The molecule has 112 valence electrons. The minimum absolute atomic E-state index is 0.134. The highest BCUT2D eigenvalue weighted by atomic mass is 16.5. The quantitative estimate of drug-likeness (QED) is 0.636. The van der Waals surface area contributed by atoms with Crippen LogP contribution in [-0.2, 0) is 16.0 Å². The Kier molecular flexibility index (Phi) is 7.87. The maximum Gasteiger partial charge on any atom is 0.237 e. The fraction of sp³-hybridized carbons (Fsp3) is 0.533. The summed E-state index contributed by atoms with van der Waals surface area (Å²) < 4.78 is 5.40. The Hall–Kier alpha value is -1.43. The van der Waals surface area contributed by atoms with E-state index in [-0.39, 0.29) is 5.91 Å². The Balaban J connectivity index is 2.13. The van der Waals surface area contributed by atoms with Gasteiger partial charge in [0.15, 0.2) is 0 Å². The number of ether oxygens (including phenoxy) is 1. The van der Waals surface area contributed by atoms with E-state index >= 15 is 0 Å². The Labute approximate surface area is 121 Å². The molecule has 0 aliphatic rings. The van der Waals surface area contributed by atoms with Gasteiger partial charge in [-0.25, -0.2) is 0 Å². The predicted octanol–water partition coefficient (Wildman–Crippen LogP) is 0.251. The summed E-state index contributed by atoms with van der Waals surface area (Å²) in [7, 11) is 3.99. The average Bonchev–Trinajstić information content (AvgIpc) is 2.43. The zero-order valence-electron chi connectivity index (χ0n) is 12.3. The molecule has 0 bridgehead atoms. The van der Waals surface area contributed by atoms with Crippen molar-refractivity contribution in [3.05, 3.63) is 35.9 Å². The van der Waals surface area contributed by atoms with E-state index in [1.54, 1.807) is 0 Å². The number of benzene rings is 1. The number of nitrogens with one attached hydrogen (secondary N) is 1. The molecule has 1 unspecified atom stereocenters. The molecule has 0 saturated heterocycles. The number of likely N-dealkylation sites (N-methyl/N-ethyl adjacent to an activating group) is 1. The van der Waals surface area contributed by atoms with Crippen molar-refractivity contribution in [3.8, 4) is 0 Å². The highest BCUT2D eigenvalue weighted by molar-refractivity contribution is 5.81. The first-order chi connectivity index (χ1) is 9.59. The Morgan fingerprint density at radius 3 is 2.65 bits per heavy atom. The Bertz CT molecular complexity index is 382. The Morgan fingerprint density at radius 1 is 1.30 bits per heavy atom. The predicted molar refractivity (Wildman–Crippen MR) is 80.5 cm³/mol. The lowest BCUT2D eigenvalue weighted by atomic mass is 10.1. The molecule has 0 fully saturated rings. The van der Waals surface area contributed by atoms with Crippen LogP contribution in [0.25, 0.3) is 0 Å². The molecule has 0 saturated carbocycles. The van der Waals surface area contributed by atoms with Crippen LogP contribution in [0.4, 0.5) is 0 Å². The third-order valence-corrected chi connectivity index (χ3v) is 2.86. The standard InChI is InChI=1S/C15H25N3O2/c1-18(2)9-11-20-10-8-17-15(19)14(16)12-13-6-4-3-5-7-13/h3-7,14H,8-12,16H2,1-2H3,(H,17,19). The van der Waals surface area contributed by atoms with Gasteiger partial charge in [0.2, 0.25) is 5.91 Å². The van der Waals surface area contributed by atoms with Crippen LogP contribution in [0.15, 0.2) is 30.3 Å². The number of hydrogen-bond acceptors (Lipinski definition) is 4. The van der Waals surface area contributed by atoms with E-state index < -0.39 is 6.04 Å². The second-order valence-electron chi connectivity index (χ2n) is 5.00. The van der Waals surface area contributed by atoms with E-state index in [9.17, 15) is 4.79 Å². The van der Waals surface area contributed by atoms with Crippen molar-refractivity contribution < 1.29 is 9.53 Å². The topological polar surface area (TPSA) is 67.6 Å². The summed E-state index contributed by atoms with van der Waals surface area (Å²) in [6.07, 6.45) is 0.550. The summed E-state index contributed by atoms with van der Waals surface area (Å²) in [5.74, 6) is -0.134. The van der Waals surface area contributed by atoms with E-state index in [0.29, 0.717) is 26.2 Å². The van der Waals surface area contributed by atoms with Crippen molar-refractivity contribution in [2.24, 2.45) is 5.73 Å². The molecule has 5 nitrogen and oxygen atoms in total. The third-order valence-electron chi connectivity index (χ3n) is 2.86. The first-order valence-electron chi connectivity index (χ1n) is 6.89. The van der Waals surface area contributed by atoms with Crippen LogP contribution in [0.1, 0.15) is 5.56 Å². The van der Waals surface area contributed by atoms with Crippen molar-refractivity contribution in [1.82, 2.24) is 10.2 Å². The van der Waals surface area contributed by atoms with Crippen molar-refractivity contribution in [3.63, 3.8) is 0 Å². The smallest absolute Gasteiger partial charge is 0.237 e. The van der Waals surface area contributed by atoms with Crippen LogP contribution in [0, 0.1) is 0 Å². The van der Waals surface area contributed by atoms with Crippen LogP contribution in [0.2, 0.25) is 0 Å². The fourth-order valence-electron chi connectivity index (χ4n) is 1.69. The van der Waals surface area contributed by atoms with Gasteiger partial charge in [0, 0.05) is 13.1 Å². The Morgan fingerprint density at radius 2 is 2.00 bits per heavy atom. The number of amides is 1. The molecule has 0 aliphatic heterocycles. The minimum Gasteiger partial charge on any atom is -0.378 e. The van der Waals surface area contributed by atoms with E-state index in [1.165, 1.54) is 0 Å². The van der Waals surface area contributed by atoms with E-state index in [1.807, 2.05) is 49.3 Å². The fourth-order valence-corrected chi connectivity index (χ4v) is 1.69. The molecule has 0 aliphatic carbocycles. The van der Waals surface area contributed by atoms with E-state index in [4.69, 9.17) is 10.5 Å². The van der Waals surface area contributed by atoms with Gasteiger partial charge in [0.05, 0.1) is 19.3 Å². The van der Waals surface area contributed by atoms with Gasteiger partial charge < -0.3 is 20.7 Å². The van der Waals surface area contributed by atoms with Gasteiger partial charge in [-0.15, -0.1) is 0 Å². The lowest BCUT2D eigenvalue weighted by Crippen LogP contribution is -2.43. The molecule has 20 heavy (non-hydrogen) atoms. The lowest BCUT2D eigenvalue weighted by Gasteiger charge is -2.13. The molecule has 0 heterocycles. The van der Waals surface area contributed by atoms with Crippen molar-refractivity contribution in [2.45, 2.75) is 12.5 Å². The van der Waals surface area contributed by atoms with Crippen LogP contribution in [0.5, 0.6) is 0 Å². The van der Waals surface area contributed by atoms with E-state index in [2.05, 4.69) is 5.32 Å². The van der Waals surface area contributed by atoms with Crippen LogP contribution in [0.3, 0.4) is 0 Å². The highest BCUT2D eigenvalue weighted by Crippen LogP contribution is 2.01. The highest BCUT2D eigenvalue weighted by Gasteiger charge is 2.13. The van der Waals surface area contributed by atoms with Crippen molar-refractivity contribution in [1.29, 1.82) is 0 Å². The van der Waals surface area contributed by atoms with E-state index in [0.717, 1.165) is 12.1 Å². The van der Waals surface area contributed by atoms with Gasteiger partial charge in [0.25, 0.3) is 0 Å². The molecule has 0 radical (unpaired) electrons. The summed E-state index contributed by atoms with van der Waals surface area (Å²) in [6.45, 7) is 2.55. The van der Waals surface area contributed by atoms with Gasteiger partial charge in [0.1, 0.15) is 0 Å². The third kappa shape index (κ3) is 7.23. The minimum atomic E-state index is -0.515. The largest absolute Gasteiger partial charge is 0.378 e.